The van der Waals surface area contributed by atoms with E-state index in [1.54, 1.807) is 19.2 Å². The van der Waals surface area contributed by atoms with Crippen molar-refractivity contribution in [1.82, 2.24) is 9.97 Å². The fourth-order valence-electron chi connectivity index (χ4n) is 1.83. The highest BCUT2D eigenvalue weighted by Gasteiger charge is 2.14. The summed E-state index contributed by atoms with van der Waals surface area (Å²) in [5.41, 5.74) is 8.32. The van der Waals surface area contributed by atoms with Gasteiger partial charge in [0.25, 0.3) is 0 Å². The molecule has 20 heavy (non-hydrogen) atoms. The number of hydrogen-bond acceptors (Lipinski definition) is 5. The van der Waals surface area contributed by atoms with Gasteiger partial charge in [0.2, 0.25) is 0 Å². The first kappa shape index (κ1) is 14.4. The summed E-state index contributed by atoms with van der Waals surface area (Å²) in [4.78, 5) is 8.72. The van der Waals surface area contributed by atoms with Gasteiger partial charge < -0.3 is 15.2 Å². The van der Waals surface area contributed by atoms with Gasteiger partial charge in [0.1, 0.15) is 5.82 Å². The van der Waals surface area contributed by atoms with Crippen LogP contribution >= 0.6 is 11.6 Å². The third kappa shape index (κ3) is 2.49. The average molecular weight is 294 g/mol. The van der Waals surface area contributed by atoms with E-state index in [-0.39, 0.29) is 0 Å². The van der Waals surface area contributed by atoms with Crippen LogP contribution in [0.2, 0.25) is 5.02 Å². The van der Waals surface area contributed by atoms with E-state index in [9.17, 15) is 0 Å². The quantitative estimate of drug-likeness (QED) is 0.942. The van der Waals surface area contributed by atoms with Crippen molar-refractivity contribution in [2.45, 2.75) is 13.8 Å². The fraction of sp³-hybridized carbons (Fsp3) is 0.286. The van der Waals surface area contributed by atoms with Crippen molar-refractivity contribution in [3.63, 3.8) is 0 Å². The van der Waals surface area contributed by atoms with Crippen LogP contribution < -0.4 is 15.2 Å². The summed E-state index contributed by atoms with van der Waals surface area (Å²) in [6.45, 7) is 3.77. The van der Waals surface area contributed by atoms with Crippen LogP contribution in [-0.4, -0.2) is 24.2 Å². The molecule has 6 heteroatoms. The molecule has 0 aliphatic rings. The Bertz CT molecular complexity index is 636. The van der Waals surface area contributed by atoms with Crippen molar-refractivity contribution in [2.75, 3.05) is 20.0 Å². The van der Waals surface area contributed by atoms with Gasteiger partial charge in [-0.15, -0.1) is 0 Å². The minimum absolute atomic E-state index is 0.433. The van der Waals surface area contributed by atoms with Gasteiger partial charge in [-0.25, -0.2) is 9.97 Å². The van der Waals surface area contributed by atoms with Gasteiger partial charge in [-0.3, -0.25) is 0 Å². The molecular formula is C14H16ClN3O2. The minimum Gasteiger partial charge on any atom is -0.493 e. The predicted octanol–water partition coefficient (Wildman–Crippen LogP) is 3.01. The molecular weight excluding hydrogens is 278 g/mol. The van der Waals surface area contributed by atoms with E-state index in [1.165, 1.54) is 7.11 Å². The van der Waals surface area contributed by atoms with Gasteiger partial charge in [-0.1, -0.05) is 11.6 Å². The third-order valence-electron chi connectivity index (χ3n) is 3.12. The van der Waals surface area contributed by atoms with E-state index >= 15 is 0 Å². The van der Waals surface area contributed by atoms with Gasteiger partial charge in [0.15, 0.2) is 17.3 Å². The predicted molar refractivity (Wildman–Crippen MR) is 79.5 cm³/mol. The summed E-state index contributed by atoms with van der Waals surface area (Å²) in [6, 6.07) is 3.50. The Labute approximate surface area is 122 Å². The lowest BCUT2D eigenvalue weighted by Crippen LogP contribution is -2.02. The fourth-order valence-corrected chi connectivity index (χ4v) is 2.11. The summed E-state index contributed by atoms with van der Waals surface area (Å²) in [5.74, 6) is 1.97. The first-order valence-corrected chi connectivity index (χ1v) is 6.38. The summed E-state index contributed by atoms with van der Waals surface area (Å²) >= 11 is 6.18. The highest BCUT2D eigenvalue weighted by Crippen LogP contribution is 2.38. The maximum atomic E-state index is 6.18. The molecule has 0 radical (unpaired) electrons. The van der Waals surface area contributed by atoms with Gasteiger partial charge >= 0.3 is 0 Å². The molecule has 0 amide bonds. The number of aryl methyl sites for hydroxylation is 1. The normalized spacial score (nSPS) is 10.4. The molecule has 0 spiro atoms. The van der Waals surface area contributed by atoms with E-state index in [0.717, 1.165) is 16.8 Å². The first-order valence-electron chi connectivity index (χ1n) is 6.00. The van der Waals surface area contributed by atoms with Crippen LogP contribution in [0.15, 0.2) is 12.1 Å². The van der Waals surface area contributed by atoms with Crippen LogP contribution in [0.1, 0.15) is 11.3 Å². The number of methoxy groups -OCH3 is 2. The Morgan fingerprint density at radius 3 is 2.35 bits per heavy atom. The van der Waals surface area contributed by atoms with E-state index < -0.39 is 0 Å². The molecule has 0 bridgehead atoms. The van der Waals surface area contributed by atoms with Crippen molar-refractivity contribution in [3.8, 4) is 22.9 Å². The number of benzene rings is 1. The second kappa shape index (κ2) is 5.54. The molecule has 0 atom stereocenters. The lowest BCUT2D eigenvalue weighted by atomic mass is 10.1. The SMILES string of the molecule is COc1cc(-c2nc(C)c(C)c(N)n2)cc(Cl)c1OC. The summed E-state index contributed by atoms with van der Waals surface area (Å²) in [7, 11) is 3.08. The molecule has 1 aromatic heterocycles. The van der Waals surface area contributed by atoms with Crippen LogP contribution in [0.5, 0.6) is 11.5 Å². The second-order valence-corrected chi connectivity index (χ2v) is 4.74. The lowest BCUT2D eigenvalue weighted by Gasteiger charge is -2.12. The largest absolute Gasteiger partial charge is 0.493 e. The average Bonchev–Trinajstić information content (AvgIpc) is 2.43. The van der Waals surface area contributed by atoms with Crippen LogP contribution in [0, 0.1) is 13.8 Å². The van der Waals surface area contributed by atoms with Gasteiger partial charge in [-0.05, 0) is 26.0 Å². The number of nitrogen functional groups attached to an aromatic ring is 1. The van der Waals surface area contributed by atoms with Gasteiger partial charge in [-0.2, -0.15) is 0 Å². The van der Waals surface area contributed by atoms with Crippen molar-refractivity contribution >= 4 is 17.4 Å². The number of ether oxygens (including phenoxy) is 2. The molecule has 1 aromatic carbocycles. The Morgan fingerprint density at radius 1 is 1.10 bits per heavy atom. The molecule has 0 saturated heterocycles. The number of rotatable bonds is 3. The zero-order valence-corrected chi connectivity index (χ0v) is 12.6. The van der Waals surface area contributed by atoms with Gasteiger partial charge in [0.05, 0.1) is 19.2 Å². The van der Waals surface area contributed by atoms with Crippen LogP contribution in [0.3, 0.4) is 0 Å². The highest BCUT2D eigenvalue weighted by atomic mass is 35.5. The standard InChI is InChI=1S/C14H16ClN3O2/c1-7-8(2)17-14(18-13(7)16)9-5-10(15)12(20-4)11(6-9)19-3/h5-6H,1-4H3,(H2,16,17,18). The summed E-state index contributed by atoms with van der Waals surface area (Å²) in [6.07, 6.45) is 0. The zero-order chi connectivity index (χ0) is 14.9. The molecule has 106 valence electrons. The van der Waals surface area contributed by atoms with Crippen molar-refractivity contribution < 1.29 is 9.47 Å². The second-order valence-electron chi connectivity index (χ2n) is 4.34. The molecule has 2 rings (SSSR count). The maximum Gasteiger partial charge on any atom is 0.179 e. The highest BCUT2D eigenvalue weighted by molar-refractivity contribution is 6.32. The Morgan fingerprint density at radius 2 is 1.80 bits per heavy atom. The zero-order valence-electron chi connectivity index (χ0n) is 11.8. The number of halogens is 1. The molecule has 5 nitrogen and oxygen atoms in total. The molecule has 1 heterocycles. The lowest BCUT2D eigenvalue weighted by molar-refractivity contribution is 0.355. The maximum absolute atomic E-state index is 6.18. The molecule has 0 unspecified atom stereocenters. The summed E-state index contributed by atoms with van der Waals surface area (Å²) in [5, 5.41) is 0.433. The first-order chi connectivity index (χ1) is 9.47. The van der Waals surface area contributed by atoms with Gasteiger partial charge in [0, 0.05) is 16.8 Å². The van der Waals surface area contributed by atoms with Crippen molar-refractivity contribution in [3.05, 3.63) is 28.4 Å². The smallest absolute Gasteiger partial charge is 0.179 e. The summed E-state index contributed by atoms with van der Waals surface area (Å²) < 4.78 is 10.5. The number of anilines is 1. The van der Waals surface area contributed by atoms with Crippen LogP contribution in [-0.2, 0) is 0 Å². The Hall–Kier alpha value is -2.01. The molecule has 0 saturated carbocycles. The van der Waals surface area contributed by atoms with Crippen molar-refractivity contribution in [1.29, 1.82) is 0 Å². The monoisotopic (exact) mass is 293 g/mol. The molecule has 0 aliphatic heterocycles. The van der Waals surface area contributed by atoms with E-state index in [1.807, 2.05) is 13.8 Å². The molecule has 2 aromatic rings. The van der Waals surface area contributed by atoms with Crippen LogP contribution in [0.4, 0.5) is 5.82 Å². The van der Waals surface area contributed by atoms with Crippen LogP contribution in [0.25, 0.3) is 11.4 Å². The number of hydrogen-bond donors (Lipinski definition) is 1. The minimum atomic E-state index is 0.433. The number of aromatic nitrogens is 2. The topological polar surface area (TPSA) is 70.3 Å². The van der Waals surface area contributed by atoms with Crippen molar-refractivity contribution in [2.24, 2.45) is 0 Å². The van der Waals surface area contributed by atoms with E-state index in [4.69, 9.17) is 26.8 Å². The molecule has 0 fully saturated rings. The molecule has 0 aliphatic carbocycles. The Kier molecular flexibility index (Phi) is 3.99. The number of nitrogens with two attached hydrogens (primary N) is 1. The van der Waals surface area contributed by atoms with E-state index in [2.05, 4.69) is 9.97 Å². The molecule has 2 N–H and O–H groups in total. The number of nitrogens with zero attached hydrogens (tertiary/aromatic N) is 2. The third-order valence-corrected chi connectivity index (χ3v) is 3.40. The van der Waals surface area contributed by atoms with E-state index in [0.29, 0.717) is 28.2 Å². The Balaban J connectivity index is 2.62.